The number of rotatable bonds is 0. The van der Waals surface area contributed by atoms with Gasteiger partial charge in [0.15, 0.2) is 12.0 Å². The average Bonchev–Trinajstić information content (AvgIpc) is 2.66. The average molecular weight is 256 g/mol. The van der Waals surface area contributed by atoms with Crippen molar-refractivity contribution in [2.24, 2.45) is 0 Å². The Kier molecular flexibility index (Phi) is 2.46. The lowest BCUT2D eigenvalue weighted by molar-refractivity contribution is -0.129. The fourth-order valence-electron chi connectivity index (χ4n) is 2.43. The van der Waals surface area contributed by atoms with Gasteiger partial charge in [-0.1, -0.05) is 0 Å². The standard InChI is InChI=1S/C12H11F3N2O/c13-12(14,15)17-6-2-1-3-8-9(17)4-5-10-11(8)16-7-18-10/h4-5,7H,1-3,6H2. The first-order valence-electron chi connectivity index (χ1n) is 5.77. The molecule has 0 spiro atoms. The van der Waals surface area contributed by atoms with Gasteiger partial charge in [-0.15, -0.1) is 0 Å². The molecule has 0 unspecified atom stereocenters. The highest BCUT2D eigenvalue weighted by atomic mass is 19.4. The lowest BCUT2D eigenvalue weighted by Gasteiger charge is -2.26. The highest BCUT2D eigenvalue weighted by molar-refractivity contribution is 5.83. The molecule has 1 aromatic carbocycles. The summed E-state index contributed by atoms with van der Waals surface area (Å²) in [4.78, 5) is 4.53. The molecule has 0 aliphatic carbocycles. The van der Waals surface area contributed by atoms with E-state index in [1.54, 1.807) is 6.07 Å². The topological polar surface area (TPSA) is 29.3 Å². The maximum absolute atomic E-state index is 13.0. The largest absolute Gasteiger partial charge is 0.484 e. The van der Waals surface area contributed by atoms with Crippen molar-refractivity contribution in [1.29, 1.82) is 0 Å². The van der Waals surface area contributed by atoms with Gasteiger partial charge in [0.1, 0.15) is 5.52 Å². The summed E-state index contributed by atoms with van der Waals surface area (Å²) in [6.45, 7) is -0.000141. The van der Waals surface area contributed by atoms with Crippen molar-refractivity contribution in [3.8, 4) is 0 Å². The molecule has 0 amide bonds. The second-order valence-corrected chi connectivity index (χ2v) is 4.34. The van der Waals surface area contributed by atoms with Crippen molar-refractivity contribution in [2.75, 3.05) is 11.4 Å². The van der Waals surface area contributed by atoms with Gasteiger partial charge < -0.3 is 4.42 Å². The van der Waals surface area contributed by atoms with Gasteiger partial charge in [-0.05, 0) is 31.4 Å². The SMILES string of the molecule is FC(F)(F)N1CCCCc2c1ccc1ocnc21. The molecule has 2 aromatic rings. The van der Waals surface area contributed by atoms with Crippen molar-refractivity contribution in [1.82, 2.24) is 4.98 Å². The van der Waals surface area contributed by atoms with E-state index in [0.717, 1.165) is 6.42 Å². The molecule has 0 radical (unpaired) electrons. The molecular formula is C12H11F3N2O. The van der Waals surface area contributed by atoms with Crippen LogP contribution >= 0.6 is 0 Å². The van der Waals surface area contributed by atoms with Gasteiger partial charge in [-0.3, -0.25) is 4.90 Å². The number of benzene rings is 1. The minimum atomic E-state index is -4.35. The molecular weight excluding hydrogens is 245 g/mol. The summed E-state index contributed by atoms with van der Waals surface area (Å²) in [6, 6.07) is 3.02. The number of oxazole rings is 1. The highest BCUT2D eigenvalue weighted by Crippen LogP contribution is 2.37. The maximum atomic E-state index is 13.0. The molecule has 18 heavy (non-hydrogen) atoms. The summed E-state index contributed by atoms with van der Waals surface area (Å²) in [5.74, 6) is 0. The number of alkyl halides is 3. The summed E-state index contributed by atoms with van der Waals surface area (Å²) in [7, 11) is 0. The van der Waals surface area contributed by atoms with Crippen LogP contribution in [0.4, 0.5) is 18.9 Å². The molecule has 1 aliphatic heterocycles. The van der Waals surface area contributed by atoms with Crippen molar-refractivity contribution < 1.29 is 17.6 Å². The Morgan fingerprint density at radius 2 is 2.06 bits per heavy atom. The van der Waals surface area contributed by atoms with Crippen LogP contribution in [-0.4, -0.2) is 17.8 Å². The summed E-state index contributed by atoms with van der Waals surface area (Å²) >= 11 is 0. The number of hydrogen-bond acceptors (Lipinski definition) is 3. The van der Waals surface area contributed by atoms with Crippen molar-refractivity contribution in [2.45, 2.75) is 25.6 Å². The third-order valence-corrected chi connectivity index (χ3v) is 3.24. The van der Waals surface area contributed by atoms with E-state index >= 15 is 0 Å². The summed E-state index contributed by atoms with van der Waals surface area (Å²) in [5, 5.41) is 0. The first-order valence-corrected chi connectivity index (χ1v) is 5.77. The van der Waals surface area contributed by atoms with E-state index in [-0.39, 0.29) is 12.2 Å². The highest BCUT2D eigenvalue weighted by Gasteiger charge is 2.39. The molecule has 96 valence electrons. The molecule has 3 rings (SSSR count). The third kappa shape index (κ3) is 1.72. The summed E-state index contributed by atoms with van der Waals surface area (Å²) in [6.07, 6.45) is -1.23. The molecule has 0 saturated carbocycles. The number of aromatic nitrogens is 1. The Hall–Kier alpha value is -1.72. The van der Waals surface area contributed by atoms with Gasteiger partial charge in [-0.2, -0.15) is 13.2 Å². The van der Waals surface area contributed by atoms with Gasteiger partial charge >= 0.3 is 6.30 Å². The predicted octanol–water partition coefficient (Wildman–Crippen LogP) is 3.49. The van der Waals surface area contributed by atoms with E-state index in [1.165, 1.54) is 12.5 Å². The van der Waals surface area contributed by atoms with Crippen LogP contribution < -0.4 is 4.90 Å². The zero-order chi connectivity index (χ0) is 12.8. The van der Waals surface area contributed by atoms with Crippen LogP contribution in [-0.2, 0) is 6.42 Å². The van der Waals surface area contributed by atoms with E-state index in [2.05, 4.69) is 4.98 Å². The second-order valence-electron chi connectivity index (χ2n) is 4.34. The van der Waals surface area contributed by atoms with E-state index in [9.17, 15) is 13.2 Å². The summed E-state index contributed by atoms with van der Waals surface area (Å²) in [5.41, 5.74) is 1.93. The zero-order valence-corrected chi connectivity index (χ0v) is 9.50. The number of hydrogen-bond donors (Lipinski definition) is 0. The Morgan fingerprint density at radius 3 is 2.83 bits per heavy atom. The lowest BCUT2D eigenvalue weighted by atomic mass is 10.1. The van der Waals surface area contributed by atoms with Crippen molar-refractivity contribution >= 4 is 16.8 Å². The van der Waals surface area contributed by atoms with Crippen LogP contribution in [0, 0.1) is 0 Å². The van der Waals surface area contributed by atoms with E-state index < -0.39 is 6.30 Å². The molecule has 1 aliphatic rings. The Labute approximate surface area is 101 Å². The van der Waals surface area contributed by atoms with Crippen LogP contribution in [0.2, 0.25) is 0 Å². The Balaban J connectivity index is 2.21. The normalized spacial score (nSPS) is 16.7. The molecule has 0 atom stereocenters. The van der Waals surface area contributed by atoms with Crippen LogP contribution in [0.15, 0.2) is 22.9 Å². The molecule has 6 heteroatoms. The first kappa shape index (κ1) is 11.4. The molecule has 1 aromatic heterocycles. The van der Waals surface area contributed by atoms with Crippen LogP contribution in [0.5, 0.6) is 0 Å². The molecule has 3 nitrogen and oxygen atoms in total. The van der Waals surface area contributed by atoms with Crippen molar-refractivity contribution in [3.05, 3.63) is 24.1 Å². The number of halogens is 3. The third-order valence-electron chi connectivity index (χ3n) is 3.24. The van der Waals surface area contributed by atoms with E-state index in [1.807, 2.05) is 0 Å². The fourth-order valence-corrected chi connectivity index (χ4v) is 2.43. The zero-order valence-electron chi connectivity index (χ0n) is 9.50. The van der Waals surface area contributed by atoms with Gasteiger partial charge in [0, 0.05) is 17.8 Å². The lowest BCUT2D eigenvalue weighted by Crippen LogP contribution is -2.38. The minimum Gasteiger partial charge on any atom is -0.443 e. The molecule has 2 heterocycles. The van der Waals surface area contributed by atoms with Crippen LogP contribution in [0.3, 0.4) is 0 Å². The van der Waals surface area contributed by atoms with E-state index in [0.29, 0.717) is 34.4 Å². The van der Waals surface area contributed by atoms with Gasteiger partial charge in [0.05, 0.1) is 0 Å². The number of fused-ring (bicyclic) bond motifs is 3. The fraction of sp³-hybridized carbons (Fsp3) is 0.417. The van der Waals surface area contributed by atoms with Crippen molar-refractivity contribution in [3.63, 3.8) is 0 Å². The maximum Gasteiger partial charge on any atom is 0.484 e. The quantitative estimate of drug-likeness (QED) is 0.676. The first-order chi connectivity index (χ1) is 8.57. The minimum absolute atomic E-state index is 0.000141. The van der Waals surface area contributed by atoms with Gasteiger partial charge in [0.25, 0.3) is 0 Å². The van der Waals surface area contributed by atoms with Crippen LogP contribution in [0.1, 0.15) is 18.4 Å². The number of anilines is 1. The smallest absolute Gasteiger partial charge is 0.443 e. The Morgan fingerprint density at radius 1 is 1.22 bits per heavy atom. The summed E-state index contributed by atoms with van der Waals surface area (Å²) < 4.78 is 44.2. The molecule has 0 fully saturated rings. The monoisotopic (exact) mass is 256 g/mol. The number of aryl methyl sites for hydroxylation is 1. The van der Waals surface area contributed by atoms with E-state index in [4.69, 9.17) is 4.42 Å². The number of nitrogens with zero attached hydrogens (tertiary/aromatic N) is 2. The molecule has 0 bridgehead atoms. The Bertz CT molecular complexity index is 576. The van der Waals surface area contributed by atoms with Crippen LogP contribution in [0.25, 0.3) is 11.1 Å². The molecule has 0 N–H and O–H groups in total. The molecule has 0 saturated heterocycles. The predicted molar refractivity (Wildman–Crippen MR) is 60.3 cm³/mol. The van der Waals surface area contributed by atoms with Gasteiger partial charge in [0.2, 0.25) is 0 Å². The second kappa shape index (κ2) is 3.90. The van der Waals surface area contributed by atoms with Gasteiger partial charge in [-0.25, -0.2) is 4.98 Å².